The fraction of sp³-hybridized carbons (Fsp3) is 0.600. The molecule has 0 spiro atoms. The van der Waals surface area contributed by atoms with E-state index in [2.05, 4.69) is 47.6 Å². The zero-order valence-corrected chi connectivity index (χ0v) is 14.5. The molecule has 1 aromatic carbocycles. The smallest absolute Gasteiger partial charge is 0.107 e. The van der Waals surface area contributed by atoms with Crippen LogP contribution >= 0.6 is 0 Å². The molecule has 0 bridgehead atoms. The summed E-state index contributed by atoms with van der Waals surface area (Å²) in [5.74, 6) is 0. The molecule has 0 aliphatic carbocycles. The van der Waals surface area contributed by atoms with Crippen molar-refractivity contribution >= 4 is 10.9 Å². The molecule has 124 valence electrons. The molecule has 1 unspecified atom stereocenters. The molecule has 23 heavy (non-hydrogen) atoms. The van der Waals surface area contributed by atoms with Crippen molar-refractivity contribution in [1.29, 1.82) is 0 Å². The predicted molar refractivity (Wildman–Crippen MR) is 94.9 cm³/mol. The molecule has 0 amide bonds. The molecule has 1 atom stereocenters. The summed E-state index contributed by atoms with van der Waals surface area (Å²) in [6.07, 6.45) is 5.20. The van der Waals surface area contributed by atoms with Crippen LogP contribution in [-0.4, -0.2) is 35.7 Å². The van der Waals surface area contributed by atoms with Gasteiger partial charge in [-0.3, -0.25) is 0 Å². The van der Waals surface area contributed by atoms with Crippen molar-refractivity contribution < 1.29 is 4.74 Å². The predicted octanol–water partition coefficient (Wildman–Crippen LogP) is 4.07. The summed E-state index contributed by atoms with van der Waals surface area (Å²) >= 11 is 0. The molecular weight excluding hydrogens is 284 g/mol. The number of aromatic nitrogens is 1. The van der Waals surface area contributed by atoms with E-state index in [1.807, 2.05) is 0 Å². The van der Waals surface area contributed by atoms with E-state index in [0.29, 0.717) is 0 Å². The van der Waals surface area contributed by atoms with Crippen molar-refractivity contribution in [2.75, 3.05) is 26.2 Å². The van der Waals surface area contributed by atoms with Crippen LogP contribution in [0.15, 0.2) is 24.3 Å². The lowest BCUT2D eigenvalue weighted by Gasteiger charge is -2.38. The van der Waals surface area contributed by atoms with Gasteiger partial charge in [0, 0.05) is 24.0 Å². The highest BCUT2D eigenvalue weighted by molar-refractivity contribution is 5.85. The number of hydrogen-bond donors (Lipinski definition) is 0. The fourth-order valence-corrected chi connectivity index (χ4v) is 4.57. The van der Waals surface area contributed by atoms with Crippen molar-refractivity contribution in [3.8, 4) is 0 Å². The van der Waals surface area contributed by atoms with Gasteiger partial charge in [0.1, 0.15) is 5.60 Å². The van der Waals surface area contributed by atoms with E-state index in [-0.39, 0.29) is 5.60 Å². The Bertz CT molecular complexity index is 699. The number of piperidine rings is 1. The number of ether oxygens (including phenoxy) is 1. The van der Waals surface area contributed by atoms with Crippen molar-refractivity contribution in [3.63, 3.8) is 0 Å². The summed E-state index contributed by atoms with van der Waals surface area (Å²) in [5, 5.41) is 1.39. The Hall–Kier alpha value is -1.32. The molecular formula is C20H28N2O. The summed E-state index contributed by atoms with van der Waals surface area (Å²) in [6, 6.07) is 8.80. The number of aryl methyl sites for hydroxylation is 1. The minimum absolute atomic E-state index is 0.154. The molecule has 3 nitrogen and oxygen atoms in total. The van der Waals surface area contributed by atoms with Crippen molar-refractivity contribution in [2.24, 2.45) is 0 Å². The van der Waals surface area contributed by atoms with Crippen LogP contribution in [0.1, 0.15) is 43.9 Å². The first-order chi connectivity index (χ1) is 11.2. The number of hydrogen-bond acceptors (Lipinski definition) is 2. The monoisotopic (exact) mass is 312 g/mol. The van der Waals surface area contributed by atoms with E-state index in [4.69, 9.17) is 4.74 Å². The lowest BCUT2D eigenvalue weighted by molar-refractivity contribution is -0.0742. The summed E-state index contributed by atoms with van der Waals surface area (Å²) in [7, 11) is 0. The number of fused-ring (bicyclic) bond motifs is 3. The molecule has 3 heteroatoms. The van der Waals surface area contributed by atoms with E-state index in [0.717, 1.165) is 26.1 Å². The largest absolute Gasteiger partial charge is 0.367 e. The maximum atomic E-state index is 6.35. The third kappa shape index (κ3) is 2.60. The van der Waals surface area contributed by atoms with Crippen LogP contribution in [0.4, 0.5) is 0 Å². The Balaban J connectivity index is 1.66. The van der Waals surface area contributed by atoms with E-state index in [9.17, 15) is 0 Å². The van der Waals surface area contributed by atoms with Gasteiger partial charge >= 0.3 is 0 Å². The molecule has 3 heterocycles. The number of likely N-dealkylation sites (tertiary alicyclic amines) is 1. The zero-order chi connectivity index (χ0) is 15.9. The third-order valence-electron chi connectivity index (χ3n) is 5.81. The first-order valence-corrected chi connectivity index (χ1v) is 9.14. The lowest BCUT2D eigenvalue weighted by atomic mass is 9.92. The highest BCUT2D eigenvalue weighted by Gasteiger charge is 2.37. The SMILES string of the molecule is Cc1c2n(c3ccccc13)CCOC2(C)CCN1CCCCC1. The van der Waals surface area contributed by atoms with Gasteiger partial charge in [0.25, 0.3) is 0 Å². The molecule has 1 aromatic heterocycles. The van der Waals surface area contributed by atoms with Gasteiger partial charge in [-0.05, 0) is 57.8 Å². The van der Waals surface area contributed by atoms with Gasteiger partial charge in [0.15, 0.2) is 0 Å². The molecule has 0 radical (unpaired) electrons. The maximum Gasteiger partial charge on any atom is 0.107 e. The van der Waals surface area contributed by atoms with Crippen molar-refractivity contribution in [3.05, 3.63) is 35.5 Å². The van der Waals surface area contributed by atoms with Crippen molar-refractivity contribution in [2.45, 2.75) is 51.7 Å². The second-order valence-electron chi connectivity index (χ2n) is 7.37. The van der Waals surface area contributed by atoms with E-state index < -0.39 is 0 Å². The van der Waals surface area contributed by atoms with Crippen molar-refractivity contribution in [1.82, 2.24) is 9.47 Å². The van der Waals surface area contributed by atoms with Crippen LogP contribution in [0.5, 0.6) is 0 Å². The van der Waals surface area contributed by atoms with Gasteiger partial charge in [-0.15, -0.1) is 0 Å². The molecule has 0 N–H and O–H groups in total. The average Bonchev–Trinajstić information content (AvgIpc) is 2.89. The fourth-order valence-electron chi connectivity index (χ4n) is 4.57. The quantitative estimate of drug-likeness (QED) is 0.850. The van der Waals surface area contributed by atoms with Gasteiger partial charge in [-0.2, -0.15) is 0 Å². The topological polar surface area (TPSA) is 17.4 Å². The molecule has 0 saturated carbocycles. The normalized spacial score (nSPS) is 25.7. The van der Waals surface area contributed by atoms with Crippen LogP contribution in [0.3, 0.4) is 0 Å². The second kappa shape index (κ2) is 5.95. The van der Waals surface area contributed by atoms with Crippen LogP contribution in [0, 0.1) is 6.92 Å². The Kier molecular flexibility index (Phi) is 3.94. The highest BCUT2D eigenvalue weighted by Crippen LogP contribution is 2.40. The minimum Gasteiger partial charge on any atom is -0.367 e. The number of nitrogens with zero attached hydrogens (tertiary/aromatic N) is 2. The highest BCUT2D eigenvalue weighted by atomic mass is 16.5. The molecule has 2 aromatic rings. The Morgan fingerprint density at radius 1 is 1.09 bits per heavy atom. The van der Waals surface area contributed by atoms with Crippen LogP contribution in [0.2, 0.25) is 0 Å². The molecule has 1 saturated heterocycles. The number of benzene rings is 1. The van der Waals surface area contributed by atoms with Gasteiger partial charge in [-0.25, -0.2) is 0 Å². The molecule has 4 rings (SSSR count). The molecule has 2 aliphatic rings. The number of rotatable bonds is 3. The molecule has 1 fully saturated rings. The van der Waals surface area contributed by atoms with Gasteiger partial charge < -0.3 is 14.2 Å². The third-order valence-corrected chi connectivity index (χ3v) is 5.81. The standard InChI is InChI=1S/C20H28N2O/c1-16-17-8-4-5-9-18(17)22-14-15-23-20(2,19(16)22)10-13-21-11-6-3-7-12-21/h4-5,8-9H,3,6-7,10-15H2,1-2H3. The molecule has 2 aliphatic heterocycles. The Morgan fingerprint density at radius 2 is 1.87 bits per heavy atom. The summed E-state index contributed by atoms with van der Waals surface area (Å²) < 4.78 is 8.85. The summed E-state index contributed by atoms with van der Waals surface area (Å²) in [4.78, 5) is 2.62. The van der Waals surface area contributed by atoms with Crippen LogP contribution in [-0.2, 0) is 16.9 Å². The first kappa shape index (κ1) is 15.2. The minimum atomic E-state index is -0.154. The van der Waals surface area contributed by atoms with E-state index in [1.165, 1.54) is 54.5 Å². The van der Waals surface area contributed by atoms with Gasteiger partial charge in [-0.1, -0.05) is 24.6 Å². The maximum absolute atomic E-state index is 6.35. The van der Waals surface area contributed by atoms with Crippen LogP contribution in [0.25, 0.3) is 10.9 Å². The first-order valence-electron chi connectivity index (χ1n) is 9.14. The van der Waals surface area contributed by atoms with E-state index >= 15 is 0 Å². The zero-order valence-electron chi connectivity index (χ0n) is 14.5. The summed E-state index contributed by atoms with van der Waals surface area (Å²) in [6.45, 7) is 10.0. The number of para-hydroxylation sites is 1. The van der Waals surface area contributed by atoms with Crippen LogP contribution < -0.4 is 0 Å². The lowest BCUT2D eigenvalue weighted by Crippen LogP contribution is -2.40. The average molecular weight is 312 g/mol. The second-order valence-corrected chi connectivity index (χ2v) is 7.37. The Morgan fingerprint density at radius 3 is 2.70 bits per heavy atom. The van der Waals surface area contributed by atoms with E-state index in [1.54, 1.807) is 0 Å². The Labute approximate surface area is 139 Å². The van der Waals surface area contributed by atoms with Gasteiger partial charge in [0.05, 0.1) is 12.3 Å². The summed E-state index contributed by atoms with van der Waals surface area (Å²) in [5.41, 5.74) is 4.02. The van der Waals surface area contributed by atoms with Gasteiger partial charge in [0.2, 0.25) is 0 Å².